The quantitative estimate of drug-likeness (QED) is 0.825. The van der Waals surface area contributed by atoms with Gasteiger partial charge >= 0.3 is 0 Å². The molecular formula is C15H13NO2. The van der Waals surface area contributed by atoms with Crippen LogP contribution >= 0.6 is 0 Å². The Kier molecular flexibility index (Phi) is 2.81. The van der Waals surface area contributed by atoms with Crippen molar-refractivity contribution in [3.8, 4) is 5.75 Å². The molecule has 0 saturated carbocycles. The number of fused-ring (bicyclic) bond motifs is 1. The smallest absolute Gasteiger partial charge is 0.149 e. The summed E-state index contributed by atoms with van der Waals surface area (Å²) in [6, 6.07) is 13.3. The third kappa shape index (κ3) is 1.99. The first-order valence-corrected chi connectivity index (χ1v) is 5.99. The van der Waals surface area contributed by atoms with E-state index in [0.717, 1.165) is 17.0 Å². The standard InChI is InChI=1S/C15H13NO2/c17-14(9-11-5-3-4-8-16-11)13-10-18-15-7-2-1-6-12(13)15/h1-8,13H,9-10H2. The zero-order chi connectivity index (χ0) is 12.4. The molecule has 0 saturated heterocycles. The number of rotatable bonds is 3. The molecule has 18 heavy (non-hydrogen) atoms. The molecule has 0 aliphatic carbocycles. The first-order chi connectivity index (χ1) is 8.84. The van der Waals surface area contributed by atoms with Crippen LogP contribution in [0.15, 0.2) is 48.7 Å². The van der Waals surface area contributed by atoms with Crippen LogP contribution in [0.25, 0.3) is 0 Å². The third-order valence-corrected chi connectivity index (χ3v) is 3.17. The van der Waals surface area contributed by atoms with Gasteiger partial charge in [-0.2, -0.15) is 0 Å². The Bertz CT molecular complexity index is 566. The molecule has 1 aliphatic heterocycles. The zero-order valence-corrected chi connectivity index (χ0v) is 9.87. The van der Waals surface area contributed by atoms with Crippen LogP contribution in [0.4, 0.5) is 0 Å². The van der Waals surface area contributed by atoms with Gasteiger partial charge in [0.15, 0.2) is 0 Å². The maximum absolute atomic E-state index is 12.3. The molecule has 3 rings (SSSR count). The number of aromatic nitrogens is 1. The number of para-hydroxylation sites is 1. The van der Waals surface area contributed by atoms with Gasteiger partial charge in [-0.1, -0.05) is 24.3 Å². The Morgan fingerprint density at radius 2 is 2.06 bits per heavy atom. The predicted molar refractivity (Wildman–Crippen MR) is 67.6 cm³/mol. The van der Waals surface area contributed by atoms with Crippen molar-refractivity contribution in [2.75, 3.05) is 6.61 Å². The lowest BCUT2D eigenvalue weighted by Gasteiger charge is -2.07. The van der Waals surface area contributed by atoms with Crippen LogP contribution < -0.4 is 4.74 Å². The van der Waals surface area contributed by atoms with Crippen LogP contribution in [0, 0.1) is 0 Å². The van der Waals surface area contributed by atoms with Crippen molar-refractivity contribution in [2.45, 2.75) is 12.3 Å². The minimum Gasteiger partial charge on any atom is -0.492 e. The highest BCUT2D eigenvalue weighted by Crippen LogP contribution is 2.34. The molecule has 1 unspecified atom stereocenters. The maximum atomic E-state index is 12.3. The molecule has 90 valence electrons. The number of ketones is 1. The Morgan fingerprint density at radius 3 is 2.89 bits per heavy atom. The van der Waals surface area contributed by atoms with Gasteiger partial charge in [0.25, 0.3) is 0 Å². The topological polar surface area (TPSA) is 39.2 Å². The Labute approximate surface area is 105 Å². The summed E-state index contributed by atoms with van der Waals surface area (Å²) in [5.74, 6) is 0.846. The van der Waals surface area contributed by atoms with Crippen LogP contribution in [0.2, 0.25) is 0 Å². The number of ether oxygens (including phenoxy) is 1. The van der Waals surface area contributed by atoms with Crippen LogP contribution in [0.3, 0.4) is 0 Å². The van der Waals surface area contributed by atoms with Gasteiger partial charge in [0.2, 0.25) is 0 Å². The van der Waals surface area contributed by atoms with Gasteiger partial charge in [0, 0.05) is 23.9 Å². The molecule has 1 aromatic heterocycles. The first kappa shape index (κ1) is 11.0. The molecule has 0 spiro atoms. The molecule has 2 heterocycles. The highest BCUT2D eigenvalue weighted by molar-refractivity contribution is 5.88. The summed E-state index contributed by atoms with van der Waals surface area (Å²) < 4.78 is 5.53. The number of carbonyl (C=O) groups excluding carboxylic acids is 1. The average molecular weight is 239 g/mol. The number of carbonyl (C=O) groups is 1. The van der Waals surface area contributed by atoms with Gasteiger partial charge in [0.05, 0.1) is 5.92 Å². The highest BCUT2D eigenvalue weighted by Gasteiger charge is 2.29. The highest BCUT2D eigenvalue weighted by atomic mass is 16.5. The molecule has 1 atom stereocenters. The van der Waals surface area contributed by atoms with E-state index in [9.17, 15) is 4.79 Å². The lowest BCUT2D eigenvalue weighted by atomic mass is 9.94. The van der Waals surface area contributed by atoms with Crippen molar-refractivity contribution in [1.82, 2.24) is 4.98 Å². The van der Waals surface area contributed by atoms with Gasteiger partial charge in [-0.15, -0.1) is 0 Å². The molecule has 0 bridgehead atoms. The number of pyridine rings is 1. The number of Topliss-reactive ketones (excluding diaryl/α,β-unsaturated/α-hetero) is 1. The van der Waals surface area contributed by atoms with Gasteiger partial charge in [-0.3, -0.25) is 9.78 Å². The molecular weight excluding hydrogens is 226 g/mol. The van der Waals surface area contributed by atoms with Gasteiger partial charge in [-0.25, -0.2) is 0 Å². The Morgan fingerprint density at radius 1 is 1.22 bits per heavy atom. The van der Waals surface area contributed by atoms with Crippen LogP contribution in [-0.4, -0.2) is 17.4 Å². The van der Waals surface area contributed by atoms with E-state index in [1.54, 1.807) is 6.20 Å². The number of hydrogen-bond acceptors (Lipinski definition) is 3. The summed E-state index contributed by atoms with van der Waals surface area (Å²) in [7, 11) is 0. The Balaban J connectivity index is 1.79. The van der Waals surface area contributed by atoms with Crippen LogP contribution in [0.5, 0.6) is 5.75 Å². The molecule has 2 aromatic rings. The van der Waals surface area contributed by atoms with Gasteiger partial charge in [-0.05, 0) is 18.2 Å². The fraction of sp³-hybridized carbons (Fsp3) is 0.200. The molecule has 3 nitrogen and oxygen atoms in total. The largest absolute Gasteiger partial charge is 0.492 e. The predicted octanol–water partition coefficient (Wildman–Crippen LogP) is 2.37. The second-order valence-corrected chi connectivity index (χ2v) is 4.37. The second kappa shape index (κ2) is 4.61. The summed E-state index contributed by atoms with van der Waals surface area (Å²) in [5.41, 5.74) is 1.81. The van der Waals surface area contributed by atoms with Crippen molar-refractivity contribution in [1.29, 1.82) is 0 Å². The second-order valence-electron chi connectivity index (χ2n) is 4.37. The van der Waals surface area contributed by atoms with E-state index in [1.807, 2.05) is 42.5 Å². The third-order valence-electron chi connectivity index (χ3n) is 3.17. The van der Waals surface area contributed by atoms with E-state index in [4.69, 9.17) is 4.74 Å². The van der Waals surface area contributed by atoms with Crippen molar-refractivity contribution in [2.24, 2.45) is 0 Å². The van der Waals surface area contributed by atoms with E-state index in [-0.39, 0.29) is 11.7 Å². The van der Waals surface area contributed by atoms with Crippen molar-refractivity contribution >= 4 is 5.78 Å². The monoisotopic (exact) mass is 239 g/mol. The fourth-order valence-electron chi connectivity index (χ4n) is 2.23. The first-order valence-electron chi connectivity index (χ1n) is 5.99. The van der Waals surface area contributed by atoms with Crippen LogP contribution in [0.1, 0.15) is 17.2 Å². The lowest BCUT2D eigenvalue weighted by Crippen LogP contribution is -2.16. The summed E-state index contributed by atoms with van der Waals surface area (Å²) in [4.78, 5) is 16.4. The van der Waals surface area contributed by atoms with Crippen LogP contribution in [-0.2, 0) is 11.2 Å². The van der Waals surface area contributed by atoms with Crippen molar-refractivity contribution in [3.05, 3.63) is 59.9 Å². The molecule has 1 aromatic carbocycles. The van der Waals surface area contributed by atoms with Crippen molar-refractivity contribution < 1.29 is 9.53 Å². The molecule has 0 radical (unpaired) electrons. The summed E-state index contributed by atoms with van der Waals surface area (Å²) in [6.07, 6.45) is 2.07. The number of benzene rings is 1. The molecule has 0 amide bonds. The lowest BCUT2D eigenvalue weighted by molar-refractivity contribution is -0.120. The van der Waals surface area contributed by atoms with Gasteiger partial charge < -0.3 is 4.74 Å². The molecule has 3 heteroatoms. The maximum Gasteiger partial charge on any atom is 0.149 e. The summed E-state index contributed by atoms with van der Waals surface area (Å²) in [5, 5.41) is 0. The van der Waals surface area contributed by atoms with E-state index in [1.165, 1.54) is 0 Å². The number of nitrogens with zero attached hydrogens (tertiary/aromatic N) is 1. The molecule has 0 N–H and O–H groups in total. The summed E-state index contributed by atoms with van der Waals surface area (Å²) >= 11 is 0. The fourth-order valence-corrected chi connectivity index (χ4v) is 2.23. The normalized spacial score (nSPS) is 17.0. The zero-order valence-electron chi connectivity index (χ0n) is 9.87. The summed E-state index contributed by atoms with van der Waals surface area (Å²) in [6.45, 7) is 0.449. The Hall–Kier alpha value is -2.16. The van der Waals surface area contributed by atoms with E-state index in [0.29, 0.717) is 13.0 Å². The van der Waals surface area contributed by atoms with Crippen molar-refractivity contribution in [3.63, 3.8) is 0 Å². The van der Waals surface area contributed by atoms with E-state index < -0.39 is 0 Å². The number of hydrogen-bond donors (Lipinski definition) is 0. The van der Waals surface area contributed by atoms with E-state index in [2.05, 4.69) is 4.98 Å². The van der Waals surface area contributed by atoms with Gasteiger partial charge in [0.1, 0.15) is 18.1 Å². The minimum atomic E-state index is -0.150. The SMILES string of the molecule is O=C(Cc1ccccn1)C1COc2ccccc21. The molecule has 0 fully saturated rings. The average Bonchev–Trinajstić information content (AvgIpc) is 2.84. The van der Waals surface area contributed by atoms with E-state index >= 15 is 0 Å². The minimum absolute atomic E-state index is 0.150. The molecule has 1 aliphatic rings.